The lowest BCUT2D eigenvalue weighted by molar-refractivity contribution is 0.594. The minimum atomic E-state index is 0.217. The van der Waals surface area contributed by atoms with Gasteiger partial charge in [-0.3, -0.25) is 0 Å². The van der Waals surface area contributed by atoms with E-state index in [-0.39, 0.29) is 5.41 Å². The van der Waals surface area contributed by atoms with Crippen LogP contribution in [0.4, 0.5) is 0 Å². The number of hydrogen-bond acceptors (Lipinski definition) is 0. The molecule has 0 aromatic heterocycles. The van der Waals surface area contributed by atoms with Crippen LogP contribution >= 0.6 is 0 Å². The van der Waals surface area contributed by atoms with Crippen molar-refractivity contribution in [1.82, 2.24) is 0 Å². The van der Waals surface area contributed by atoms with Crippen LogP contribution in [-0.4, -0.2) is 7.28 Å². The fourth-order valence-corrected chi connectivity index (χ4v) is 1.57. The van der Waals surface area contributed by atoms with Gasteiger partial charge in [-0.1, -0.05) is 62.9 Å². The molecule has 0 fully saturated rings. The Morgan fingerprint density at radius 2 is 1.93 bits per heavy atom. The van der Waals surface area contributed by atoms with E-state index < -0.39 is 0 Å². The Kier molecular flexibility index (Phi) is 3.57. The Morgan fingerprint density at radius 3 is 2.50 bits per heavy atom. The van der Waals surface area contributed by atoms with Gasteiger partial charge in [0.2, 0.25) is 0 Å². The van der Waals surface area contributed by atoms with Gasteiger partial charge in [-0.05, 0) is 11.0 Å². The zero-order chi connectivity index (χ0) is 10.6. The zero-order valence-corrected chi connectivity index (χ0v) is 9.38. The molecular formula is C13H18B. The van der Waals surface area contributed by atoms with Crippen LogP contribution in [0.15, 0.2) is 36.9 Å². The van der Waals surface area contributed by atoms with E-state index in [2.05, 4.69) is 58.9 Å². The topological polar surface area (TPSA) is 0 Å². The maximum atomic E-state index is 3.74. The van der Waals surface area contributed by atoms with Crippen LogP contribution in [0.5, 0.6) is 0 Å². The van der Waals surface area contributed by atoms with Crippen molar-refractivity contribution in [1.29, 1.82) is 0 Å². The second kappa shape index (κ2) is 4.50. The molecule has 0 aliphatic heterocycles. The first-order valence-corrected chi connectivity index (χ1v) is 5.09. The van der Waals surface area contributed by atoms with Crippen molar-refractivity contribution < 1.29 is 0 Å². The van der Waals surface area contributed by atoms with E-state index in [1.165, 1.54) is 11.0 Å². The first kappa shape index (κ1) is 11.1. The summed E-state index contributed by atoms with van der Waals surface area (Å²) in [5, 5.41) is 0. The lowest BCUT2D eigenvalue weighted by Gasteiger charge is -2.22. The highest BCUT2D eigenvalue weighted by molar-refractivity contribution is 6.54. The summed E-state index contributed by atoms with van der Waals surface area (Å²) in [6.07, 6.45) is 2.87. The van der Waals surface area contributed by atoms with Crippen LogP contribution in [0.2, 0.25) is 6.32 Å². The molecule has 0 saturated heterocycles. The van der Waals surface area contributed by atoms with Crippen LogP contribution in [0, 0.1) is 0 Å². The van der Waals surface area contributed by atoms with Gasteiger partial charge < -0.3 is 0 Å². The highest BCUT2D eigenvalue weighted by Gasteiger charge is 2.16. The van der Waals surface area contributed by atoms with E-state index in [0.29, 0.717) is 0 Å². The molecule has 0 spiro atoms. The molecule has 0 amide bonds. The van der Waals surface area contributed by atoms with Crippen molar-refractivity contribution in [2.45, 2.75) is 32.5 Å². The molecule has 0 unspecified atom stereocenters. The van der Waals surface area contributed by atoms with E-state index in [9.17, 15) is 0 Å². The zero-order valence-electron chi connectivity index (χ0n) is 9.38. The van der Waals surface area contributed by atoms with Crippen molar-refractivity contribution in [3.63, 3.8) is 0 Å². The van der Waals surface area contributed by atoms with Gasteiger partial charge in [-0.25, -0.2) is 0 Å². The molecule has 1 rings (SSSR count). The fourth-order valence-electron chi connectivity index (χ4n) is 1.57. The molecule has 0 bridgehead atoms. The smallest absolute Gasteiger partial charge is 0.104 e. The maximum Gasteiger partial charge on any atom is 0.156 e. The van der Waals surface area contributed by atoms with Gasteiger partial charge in [-0.2, -0.15) is 0 Å². The molecule has 14 heavy (non-hydrogen) atoms. The van der Waals surface area contributed by atoms with Gasteiger partial charge in [0.15, 0.2) is 7.28 Å². The molecule has 0 atom stereocenters. The molecule has 1 aromatic carbocycles. The number of hydrogen-bond donors (Lipinski definition) is 0. The minimum Gasteiger partial charge on any atom is -0.104 e. The summed E-state index contributed by atoms with van der Waals surface area (Å²) < 4.78 is 0. The van der Waals surface area contributed by atoms with Gasteiger partial charge in [0, 0.05) is 0 Å². The minimum absolute atomic E-state index is 0.217. The van der Waals surface area contributed by atoms with E-state index in [1.54, 1.807) is 0 Å². The van der Waals surface area contributed by atoms with Gasteiger partial charge in [0.05, 0.1) is 0 Å². The monoisotopic (exact) mass is 185 g/mol. The third-order valence-corrected chi connectivity index (χ3v) is 2.27. The van der Waals surface area contributed by atoms with Crippen LogP contribution in [-0.2, 0) is 5.41 Å². The van der Waals surface area contributed by atoms with Crippen LogP contribution in [0.25, 0.3) is 0 Å². The third kappa shape index (κ3) is 2.76. The average molecular weight is 185 g/mol. The SMILES string of the molecule is C=CC[B]c1ccccc1C(C)(C)C. The van der Waals surface area contributed by atoms with E-state index in [4.69, 9.17) is 0 Å². The standard InChI is InChI=1S/C13H18B/c1-5-10-14-12-9-7-6-8-11(12)13(2,3)4/h5-9H,1,10H2,2-4H3. The molecule has 0 saturated carbocycles. The Labute approximate surface area is 88.3 Å². The highest BCUT2D eigenvalue weighted by atomic mass is 14.2. The first-order valence-electron chi connectivity index (χ1n) is 5.09. The lowest BCUT2D eigenvalue weighted by Crippen LogP contribution is -2.27. The van der Waals surface area contributed by atoms with Crippen LogP contribution < -0.4 is 5.46 Å². The first-order chi connectivity index (χ1) is 6.55. The van der Waals surface area contributed by atoms with Crippen molar-refractivity contribution in [3.05, 3.63) is 42.5 Å². The van der Waals surface area contributed by atoms with Crippen molar-refractivity contribution in [2.24, 2.45) is 0 Å². The molecule has 0 aliphatic carbocycles. The molecule has 0 aliphatic rings. The lowest BCUT2D eigenvalue weighted by atomic mass is 9.62. The van der Waals surface area contributed by atoms with Gasteiger partial charge in [0.1, 0.15) is 0 Å². The molecule has 73 valence electrons. The molecular weight excluding hydrogens is 167 g/mol. The number of allylic oxidation sites excluding steroid dienone is 1. The molecule has 1 heteroatoms. The van der Waals surface area contributed by atoms with E-state index >= 15 is 0 Å². The van der Waals surface area contributed by atoms with Crippen molar-refractivity contribution in [3.8, 4) is 0 Å². The average Bonchev–Trinajstić information content (AvgIpc) is 2.14. The maximum absolute atomic E-state index is 3.74. The second-order valence-corrected chi connectivity index (χ2v) is 4.57. The quantitative estimate of drug-likeness (QED) is 0.501. The summed E-state index contributed by atoms with van der Waals surface area (Å²) in [6, 6.07) is 8.56. The summed E-state index contributed by atoms with van der Waals surface area (Å²) in [5.41, 5.74) is 2.95. The van der Waals surface area contributed by atoms with Gasteiger partial charge in [-0.15, -0.1) is 6.58 Å². The van der Waals surface area contributed by atoms with Crippen LogP contribution in [0.1, 0.15) is 26.3 Å². The predicted octanol–water partition coefficient (Wildman–Crippen LogP) is 2.92. The number of rotatable bonds is 3. The molecule has 1 aromatic rings. The summed E-state index contributed by atoms with van der Waals surface area (Å²) in [5.74, 6) is 0. The normalized spacial score (nSPS) is 11.1. The van der Waals surface area contributed by atoms with E-state index in [1.807, 2.05) is 6.08 Å². The molecule has 1 radical (unpaired) electrons. The third-order valence-electron chi connectivity index (χ3n) is 2.27. The highest BCUT2D eigenvalue weighted by Crippen LogP contribution is 2.19. The summed E-state index contributed by atoms with van der Waals surface area (Å²) in [7, 11) is 2.23. The summed E-state index contributed by atoms with van der Waals surface area (Å²) in [4.78, 5) is 0. The van der Waals surface area contributed by atoms with E-state index in [0.717, 1.165) is 6.32 Å². The predicted molar refractivity (Wildman–Crippen MR) is 65.5 cm³/mol. The number of benzene rings is 1. The molecule has 0 heterocycles. The Balaban J connectivity index is 2.97. The summed E-state index contributed by atoms with van der Waals surface area (Å²) >= 11 is 0. The Hall–Kier alpha value is -0.975. The van der Waals surface area contributed by atoms with Crippen molar-refractivity contribution in [2.75, 3.05) is 0 Å². The van der Waals surface area contributed by atoms with Gasteiger partial charge in [0.25, 0.3) is 0 Å². The largest absolute Gasteiger partial charge is 0.156 e. The van der Waals surface area contributed by atoms with Crippen LogP contribution in [0.3, 0.4) is 0 Å². The Bertz CT molecular complexity index is 307. The van der Waals surface area contributed by atoms with Gasteiger partial charge >= 0.3 is 0 Å². The fraction of sp³-hybridized carbons (Fsp3) is 0.385. The molecule has 0 N–H and O–H groups in total. The summed E-state index contributed by atoms with van der Waals surface area (Å²) in [6.45, 7) is 10.5. The van der Waals surface area contributed by atoms with Crippen molar-refractivity contribution >= 4 is 12.7 Å². The molecule has 0 nitrogen and oxygen atoms in total. The second-order valence-electron chi connectivity index (χ2n) is 4.57. The Morgan fingerprint density at radius 1 is 1.29 bits per heavy atom.